The van der Waals surface area contributed by atoms with Gasteiger partial charge in [0.2, 0.25) is 0 Å². The minimum absolute atomic E-state index is 0.0201. The molecule has 1 N–H and O–H groups in total. The van der Waals surface area contributed by atoms with E-state index >= 15 is 0 Å². The SMILES string of the molecule is CCOC(=O)C1(c2nc3ccccc3n2CCO)CC1. The van der Waals surface area contributed by atoms with Crippen molar-refractivity contribution in [3.63, 3.8) is 0 Å². The Labute approximate surface area is 117 Å². The highest BCUT2D eigenvalue weighted by Gasteiger charge is 2.56. The second-order valence-corrected chi connectivity index (χ2v) is 5.10. The van der Waals surface area contributed by atoms with Crippen LogP contribution in [0.3, 0.4) is 0 Å². The molecule has 5 nitrogen and oxygen atoms in total. The van der Waals surface area contributed by atoms with Crippen LogP contribution in [0.1, 0.15) is 25.6 Å². The third-order valence-corrected chi connectivity index (χ3v) is 3.82. The Bertz CT molecular complexity index is 644. The van der Waals surface area contributed by atoms with E-state index in [9.17, 15) is 9.90 Å². The Kier molecular flexibility index (Phi) is 3.22. The highest BCUT2D eigenvalue weighted by atomic mass is 16.5. The maximum Gasteiger partial charge on any atom is 0.319 e. The van der Waals surface area contributed by atoms with Crippen molar-refractivity contribution in [1.29, 1.82) is 0 Å². The normalized spacial score (nSPS) is 16.3. The van der Waals surface area contributed by atoms with Gasteiger partial charge in [0.15, 0.2) is 0 Å². The van der Waals surface area contributed by atoms with Crippen molar-refractivity contribution < 1.29 is 14.6 Å². The second kappa shape index (κ2) is 4.90. The van der Waals surface area contributed by atoms with Gasteiger partial charge in [-0.15, -0.1) is 0 Å². The molecule has 106 valence electrons. The van der Waals surface area contributed by atoms with Gasteiger partial charge < -0.3 is 14.4 Å². The van der Waals surface area contributed by atoms with Crippen molar-refractivity contribution in [2.24, 2.45) is 0 Å². The lowest BCUT2D eigenvalue weighted by Gasteiger charge is -2.15. The minimum Gasteiger partial charge on any atom is -0.465 e. The molecule has 1 aromatic carbocycles. The first-order valence-electron chi connectivity index (χ1n) is 6.97. The number of fused-ring (bicyclic) bond motifs is 1. The fourth-order valence-corrected chi connectivity index (χ4v) is 2.68. The molecule has 0 atom stereocenters. The van der Waals surface area contributed by atoms with Crippen LogP contribution < -0.4 is 0 Å². The van der Waals surface area contributed by atoms with Gasteiger partial charge in [-0.2, -0.15) is 0 Å². The van der Waals surface area contributed by atoms with Crippen LogP contribution in [0.4, 0.5) is 0 Å². The van der Waals surface area contributed by atoms with Gasteiger partial charge in [0.25, 0.3) is 0 Å². The summed E-state index contributed by atoms with van der Waals surface area (Å²) < 4.78 is 7.14. The van der Waals surface area contributed by atoms with Crippen molar-refractivity contribution in [3.8, 4) is 0 Å². The molecule has 3 rings (SSSR count). The Balaban J connectivity index is 2.11. The lowest BCUT2D eigenvalue weighted by Crippen LogP contribution is -2.27. The lowest BCUT2D eigenvalue weighted by molar-refractivity contribution is -0.146. The summed E-state index contributed by atoms with van der Waals surface area (Å²) in [6.45, 7) is 2.65. The van der Waals surface area contributed by atoms with Crippen LogP contribution >= 0.6 is 0 Å². The highest BCUT2D eigenvalue weighted by Crippen LogP contribution is 2.49. The molecule has 1 fully saturated rings. The molecule has 0 spiro atoms. The van der Waals surface area contributed by atoms with E-state index in [0.717, 1.165) is 29.7 Å². The van der Waals surface area contributed by atoms with E-state index in [1.807, 2.05) is 35.8 Å². The zero-order valence-corrected chi connectivity index (χ0v) is 11.5. The standard InChI is InChI=1S/C15H18N2O3/c1-2-20-14(19)15(7-8-15)13-16-11-5-3-4-6-12(11)17(13)9-10-18/h3-6,18H,2,7-10H2,1H3. The van der Waals surface area contributed by atoms with Gasteiger partial charge in [0, 0.05) is 6.54 Å². The summed E-state index contributed by atoms with van der Waals surface area (Å²) in [6.07, 6.45) is 1.53. The van der Waals surface area contributed by atoms with Gasteiger partial charge in [-0.1, -0.05) is 12.1 Å². The van der Waals surface area contributed by atoms with E-state index in [1.54, 1.807) is 0 Å². The number of esters is 1. The molecular formula is C15H18N2O3. The van der Waals surface area contributed by atoms with E-state index in [0.29, 0.717) is 13.2 Å². The first-order chi connectivity index (χ1) is 9.73. The number of aliphatic hydroxyl groups is 1. The van der Waals surface area contributed by atoms with E-state index in [4.69, 9.17) is 4.74 Å². The lowest BCUT2D eigenvalue weighted by atomic mass is 10.1. The van der Waals surface area contributed by atoms with E-state index < -0.39 is 5.41 Å². The van der Waals surface area contributed by atoms with Crippen LogP contribution in [0.2, 0.25) is 0 Å². The first-order valence-corrected chi connectivity index (χ1v) is 6.97. The van der Waals surface area contributed by atoms with Crippen molar-refractivity contribution >= 4 is 17.0 Å². The molecule has 0 unspecified atom stereocenters. The molecule has 5 heteroatoms. The van der Waals surface area contributed by atoms with Crippen LogP contribution in [0.5, 0.6) is 0 Å². The quantitative estimate of drug-likeness (QED) is 0.842. The molecule has 2 aromatic rings. The maximum absolute atomic E-state index is 12.2. The zero-order valence-electron chi connectivity index (χ0n) is 11.5. The van der Waals surface area contributed by atoms with Crippen LogP contribution in [0, 0.1) is 0 Å². The van der Waals surface area contributed by atoms with E-state index in [2.05, 4.69) is 4.98 Å². The summed E-state index contributed by atoms with van der Waals surface area (Å²) in [6, 6.07) is 7.74. The zero-order chi connectivity index (χ0) is 14.2. The summed E-state index contributed by atoms with van der Waals surface area (Å²) in [5, 5.41) is 9.29. The number of aliphatic hydroxyl groups excluding tert-OH is 1. The highest BCUT2D eigenvalue weighted by molar-refractivity contribution is 5.87. The third kappa shape index (κ3) is 1.89. The molecule has 0 amide bonds. The minimum atomic E-state index is -0.607. The van der Waals surface area contributed by atoms with Crippen molar-refractivity contribution in [2.45, 2.75) is 31.7 Å². The summed E-state index contributed by atoms with van der Waals surface area (Å²) in [4.78, 5) is 16.8. The van der Waals surface area contributed by atoms with Crippen LogP contribution in [0.15, 0.2) is 24.3 Å². The van der Waals surface area contributed by atoms with Crippen molar-refractivity contribution in [2.75, 3.05) is 13.2 Å². The number of para-hydroxylation sites is 2. The Morgan fingerprint density at radius 3 is 2.85 bits per heavy atom. The number of imidazole rings is 1. The molecule has 0 aliphatic heterocycles. The predicted molar refractivity (Wildman–Crippen MR) is 74.4 cm³/mol. The Morgan fingerprint density at radius 1 is 1.45 bits per heavy atom. The summed E-state index contributed by atoms with van der Waals surface area (Å²) >= 11 is 0. The fraction of sp³-hybridized carbons (Fsp3) is 0.467. The van der Waals surface area contributed by atoms with Crippen LogP contribution in [0.25, 0.3) is 11.0 Å². The summed E-state index contributed by atoms with van der Waals surface area (Å²) in [7, 11) is 0. The molecule has 0 saturated heterocycles. The van der Waals surface area contributed by atoms with E-state index in [1.165, 1.54) is 0 Å². The number of benzene rings is 1. The number of rotatable bonds is 5. The van der Waals surface area contributed by atoms with Crippen LogP contribution in [-0.2, 0) is 21.5 Å². The van der Waals surface area contributed by atoms with E-state index in [-0.39, 0.29) is 12.6 Å². The van der Waals surface area contributed by atoms with Gasteiger partial charge in [-0.25, -0.2) is 4.98 Å². The Morgan fingerprint density at radius 2 is 2.20 bits per heavy atom. The molecule has 1 aromatic heterocycles. The van der Waals surface area contributed by atoms with Gasteiger partial charge in [-0.3, -0.25) is 4.79 Å². The molecule has 0 bridgehead atoms. The van der Waals surface area contributed by atoms with Gasteiger partial charge in [0.1, 0.15) is 11.2 Å². The number of hydrogen-bond donors (Lipinski definition) is 1. The summed E-state index contributed by atoms with van der Waals surface area (Å²) in [5.74, 6) is 0.528. The number of carbonyl (C=O) groups is 1. The number of carbonyl (C=O) groups excluding carboxylic acids is 1. The van der Waals surface area contributed by atoms with Crippen LogP contribution in [-0.4, -0.2) is 33.8 Å². The van der Waals surface area contributed by atoms with Gasteiger partial charge >= 0.3 is 5.97 Å². The topological polar surface area (TPSA) is 64.3 Å². The molecule has 1 aliphatic carbocycles. The molecule has 0 radical (unpaired) electrons. The summed E-state index contributed by atoms with van der Waals surface area (Å²) in [5.41, 5.74) is 1.20. The van der Waals surface area contributed by atoms with Crippen molar-refractivity contribution in [1.82, 2.24) is 9.55 Å². The smallest absolute Gasteiger partial charge is 0.319 e. The number of hydrogen-bond acceptors (Lipinski definition) is 4. The average molecular weight is 274 g/mol. The molecule has 20 heavy (non-hydrogen) atoms. The number of ether oxygens (including phenoxy) is 1. The molecule has 1 aliphatic rings. The third-order valence-electron chi connectivity index (χ3n) is 3.82. The van der Waals surface area contributed by atoms with Crippen molar-refractivity contribution in [3.05, 3.63) is 30.1 Å². The van der Waals surface area contributed by atoms with Gasteiger partial charge in [0.05, 0.1) is 24.2 Å². The Hall–Kier alpha value is -1.88. The average Bonchev–Trinajstić information content (AvgIpc) is 3.18. The molecule has 1 saturated carbocycles. The monoisotopic (exact) mass is 274 g/mol. The van der Waals surface area contributed by atoms with Gasteiger partial charge in [-0.05, 0) is 31.9 Å². The number of nitrogens with zero attached hydrogens (tertiary/aromatic N) is 2. The number of aromatic nitrogens is 2. The maximum atomic E-state index is 12.2. The largest absolute Gasteiger partial charge is 0.465 e. The molecule has 1 heterocycles. The predicted octanol–water partition coefficient (Wildman–Crippen LogP) is 1.62. The second-order valence-electron chi connectivity index (χ2n) is 5.10. The fourth-order valence-electron chi connectivity index (χ4n) is 2.68. The molecular weight excluding hydrogens is 256 g/mol. The first kappa shape index (κ1) is 13.1.